The molecule has 3 heteroatoms. The normalized spacial score (nSPS) is 8.71. The number of aryl methyl sites for hydroxylation is 2. The third-order valence-electron chi connectivity index (χ3n) is 1.50. The largest absolute Gasteiger partial charge is 0.297 e. The molecule has 0 radical (unpaired) electrons. The maximum absolute atomic E-state index is 4.27. The molecule has 0 spiro atoms. The van der Waals surface area contributed by atoms with Gasteiger partial charge in [0.25, 0.3) is 0 Å². The van der Waals surface area contributed by atoms with Gasteiger partial charge in [0, 0.05) is 18.0 Å². The lowest BCUT2D eigenvalue weighted by molar-refractivity contribution is 0.942. The van der Waals surface area contributed by atoms with Gasteiger partial charge >= 0.3 is 0 Å². The highest BCUT2D eigenvalue weighted by molar-refractivity contribution is 5.40. The molecule has 2 aromatic heterocycles. The fraction of sp³-hybridized carbons (Fsp3) is 0.545. The molecule has 0 aliphatic rings. The van der Waals surface area contributed by atoms with Crippen molar-refractivity contribution in [1.82, 2.24) is 14.6 Å². The third kappa shape index (κ3) is 2.91. The van der Waals surface area contributed by atoms with Crippen LogP contribution in [0.1, 0.15) is 39.1 Å². The highest BCUT2D eigenvalue weighted by atomic mass is 15.3. The molecule has 0 unspecified atom stereocenters. The van der Waals surface area contributed by atoms with E-state index in [0.717, 1.165) is 17.0 Å². The van der Waals surface area contributed by atoms with Crippen LogP contribution in [0.25, 0.3) is 5.65 Å². The highest BCUT2D eigenvalue weighted by Gasteiger charge is 1.97. The molecule has 0 amide bonds. The predicted molar refractivity (Wildman–Crippen MR) is 61.7 cm³/mol. The Morgan fingerprint density at radius 2 is 1.71 bits per heavy atom. The van der Waals surface area contributed by atoms with E-state index in [-0.39, 0.29) is 0 Å². The molecule has 2 heterocycles. The zero-order chi connectivity index (χ0) is 11.1. The maximum atomic E-state index is 4.27. The molecule has 0 bridgehead atoms. The maximum Gasteiger partial charge on any atom is 0.153 e. The Morgan fingerprint density at radius 3 is 2.21 bits per heavy atom. The van der Waals surface area contributed by atoms with Crippen molar-refractivity contribution in [2.24, 2.45) is 0 Å². The molecular formula is C11H21N3. The van der Waals surface area contributed by atoms with Gasteiger partial charge < -0.3 is 0 Å². The Labute approximate surface area is 86.1 Å². The number of aromatic amines is 1. The number of hydrogen-bond acceptors (Lipinski definition) is 1. The van der Waals surface area contributed by atoms with Crippen LogP contribution >= 0.6 is 0 Å². The Balaban J connectivity index is 0.000000379. The number of hydrogen-bond donors (Lipinski definition) is 1. The van der Waals surface area contributed by atoms with Crippen molar-refractivity contribution in [3.05, 3.63) is 23.7 Å². The number of H-pyrrole nitrogens is 1. The van der Waals surface area contributed by atoms with E-state index in [1.807, 2.05) is 58.3 Å². The van der Waals surface area contributed by atoms with E-state index in [1.54, 1.807) is 0 Å². The van der Waals surface area contributed by atoms with E-state index in [4.69, 9.17) is 0 Å². The minimum atomic E-state index is 0.995. The van der Waals surface area contributed by atoms with E-state index in [1.165, 1.54) is 0 Å². The van der Waals surface area contributed by atoms with Gasteiger partial charge in [0.15, 0.2) is 5.65 Å². The minimum absolute atomic E-state index is 0.995. The number of rotatable bonds is 0. The van der Waals surface area contributed by atoms with Gasteiger partial charge in [0.1, 0.15) is 0 Å². The van der Waals surface area contributed by atoms with Gasteiger partial charge in [-0.05, 0) is 13.8 Å². The van der Waals surface area contributed by atoms with Crippen LogP contribution in [0.3, 0.4) is 0 Å². The van der Waals surface area contributed by atoms with Gasteiger partial charge in [-0.1, -0.05) is 27.7 Å². The van der Waals surface area contributed by atoms with Crippen molar-refractivity contribution in [2.45, 2.75) is 41.5 Å². The summed E-state index contributed by atoms with van der Waals surface area (Å²) in [7, 11) is 0. The number of aromatic nitrogens is 3. The SMILES string of the molecule is CC.CC.Cc1cn2[nH]c(C)cc2n1. The molecule has 3 nitrogen and oxygen atoms in total. The summed E-state index contributed by atoms with van der Waals surface area (Å²) in [6.45, 7) is 12.0. The summed E-state index contributed by atoms with van der Waals surface area (Å²) in [5.74, 6) is 0. The first-order valence-corrected chi connectivity index (χ1v) is 5.27. The van der Waals surface area contributed by atoms with E-state index in [9.17, 15) is 0 Å². The lowest BCUT2D eigenvalue weighted by Crippen LogP contribution is -1.79. The molecule has 2 aromatic rings. The molecule has 0 aliphatic carbocycles. The Bertz CT molecular complexity index is 294. The fourth-order valence-electron chi connectivity index (χ4n) is 1.12. The lowest BCUT2D eigenvalue weighted by atomic mass is 10.5. The summed E-state index contributed by atoms with van der Waals surface area (Å²) in [5, 5.41) is 3.13. The second-order valence-electron chi connectivity index (χ2n) is 2.55. The first-order chi connectivity index (χ1) is 6.75. The zero-order valence-electron chi connectivity index (χ0n) is 10.0. The van der Waals surface area contributed by atoms with Crippen molar-refractivity contribution in [1.29, 1.82) is 0 Å². The molecule has 0 aliphatic heterocycles. The fourth-order valence-corrected chi connectivity index (χ4v) is 1.12. The van der Waals surface area contributed by atoms with Gasteiger partial charge in [-0.15, -0.1) is 0 Å². The molecule has 0 fully saturated rings. The summed E-state index contributed by atoms with van der Waals surface area (Å²) in [6, 6.07) is 2.02. The highest BCUT2D eigenvalue weighted by Crippen LogP contribution is 2.04. The summed E-state index contributed by atoms with van der Waals surface area (Å²) in [4.78, 5) is 4.27. The summed E-state index contributed by atoms with van der Waals surface area (Å²) in [6.07, 6.45) is 1.97. The third-order valence-corrected chi connectivity index (χ3v) is 1.50. The van der Waals surface area contributed by atoms with Gasteiger partial charge in [0.05, 0.1) is 5.69 Å². The van der Waals surface area contributed by atoms with Crippen LogP contribution in [0.15, 0.2) is 12.3 Å². The van der Waals surface area contributed by atoms with Gasteiger partial charge in [-0.2, -0.15) is 0 Å². The van der Waals surface area contributed by atoms with Crippen molar-refractivity contribution in [2.75, 3.05) is 0 Å². The van der Waals surface area contributed by atoms with Gasteiger partial charge in [-0.3, -0.25) is 5.10 Å². The Hall–Kier alpha value is -1.25. The average Bonchev–Trinajstić information content (AvgIpc) is 2.67. The average molecular weight is 195 g/mol. The van der Waals surface area contributed by atoms with Crippen LogP contribution in [-0.2, 0) is 0 Å². The lowest BCUT2D eigenvalue weighted by Gasteiger charge is -1.79. The van der Waals surface area contributed by atoms with E-state index in [0.29, 0.717) is 0 Å². The second kappa shape index (κ2) is 6.24. The second-order valence-corrected chi connectivity index (χ2v) is 2.55. The molecule has 0 saturated carbocycles. The van der Waals surface area contributed by atoms with Crippen LogP contribution in [0.5, 0.6) is 0 Å². The number of imidazole rings is 1. The van der Waals surface area contributed by atoms with Gasteiger partial charge in [0.2, 0.25) is 0 Å². The molecule has 2 rings (SSSR count). The van der Waals surface area contributed by atoms with Crippen LogP contribution < -0.4 is 0 Å². The Morgan fingerprint density at radius 1 is 1.14 bits per heavy atom. The molecule has 0 saturated heterocycles. The van der Waals surface area contributed by atoms with Crippen molar-refractivity contribution < 1.29 is 0 Å². The topological polar surface area (TPSA) is 33.1 Å². The Kier molecular flexibility index (Phi) is 5.68. The smallest absolute Gasteiger partial charge is 0.153 e. The minimum Gasteiger partial charge on any atom is -0.297 e. The van der Waals surface area contributed by atoms with E-state index >= 15 is 0 Å². The van der Waals surface area contributed by atoms with Crippen LogP contribution in [0.2, 0.25) is 0 Å². The molecule has 1 N–H and O–H groups in total. The molecule has 80 valence electrons. The van der Waals surface area contributed by atoms with Crippen LogP contribution in [0.4, 0.5) is 0 Å². The van der Waals surface area contributed by atoms with Crippen LogP contribution in [0, 0.1) is 13.8 Å². The molecule has 0 atom stereocenters. The van der Waals surface area contributed by atoms with E-state index in [2.05, 4.69) is 10.1 Å². The number of fused-ring (bicyclic) bond motifs is 1. The summed E-state index contributed by atoms with van der Waals surface area (Å²) < 4.78 is 1.92. The number of nitrogens with one attached hydrogen (secondary N) is 1. The quantitative estimate of drug-likeness (QED) is 0.687. The number of nitrogens with zero attached hydrogens (tertiary/aromatic N) is 2. The first-order valence-electron chi connectivity index (χ1n) is 5.27. The monoisotopic (exact) mass is 195 g/mol. The van der Waals surface area contributed by atoms with Crippen molar-refractivity contribution in [3.8, 4) is 0 Å². The van der Waals surface area contributed by atoms with Crippen molar-refractivity contribution in [3.63, 3.8) is 0 Å². The van der Waals surface area contributed by atoms with Gasteiger partial charge in [-0.25, -0.2) is 9.50 Å². The molecular weight excluding hydrogens is 174 g/mol. The first kappa shape index (κ1) is 12.8. The van der Waals surface area contributed by atoms with Crippen LogP contribution in [-0.4, -0.2) is 14.6 Å². The van der Waals surface area contributed by atoms with E-state index < -0.39 is 0 Å². The standard InChI is InChI=1S/C7H9N3.2C2H6/c1-5-3-7-8-6(2)4-10(7)9-5;2*1-2/h3-4,9H,1-2H3;2*1-2H3. The molecule has 0 aromatic carbocycles. The summed E-state index contributed by atoms with van der Waals surface area (Å²) in [5.41, 5.74) is 3.18. The zero-order valence-corrected chi connectivity index (χ0v) is 10.0. The predicted octanol–water partition coefficient (Wildman–Crippen LogP) is 3.33. The van der Waals surface area contributed by atoms with Crippen molar-refractivity contribution >= 4 is 5.65 Å². The summed E-state index contributed by atoms with van der Waals surface area (Å²) >= 11 is 0. The molecule has 14 heavy (non-hydrogen) atoms.